The van der Waals surface area contributed by atoms with Gasteiger partial charge in [0, 0.05) is 29.9 Å². The van der Waals surface area contributed by atoms with Crippen LogP contribution in [0.3, 0.4) is 0 Å². The minimum absolute atomic E-state index is 0.0403. The second kappa shape index (κ2) is 7.17. The lowest BCUT2D eigenvalue weighted by atomic mass is 10.1. The third-order valence-electron chi connectivity index (χ3n) is 4.13. The van der Waals surface area contributed by atoms with E-state index >= 15 is 0 Å². The van der Waals surface area contributed by atoms with Crippen LogP contribution < -0.4 is 5.32 Å². The van der Waals surface area contributed by atoms with Gasteiger partial charge in [0.15, 0.2) is 0 Å². The molecule has 1 saturated heterocycles. The summed E-state index contributed by atoms with van der Waals surface area (Å²) in [6.07, 6.45) is 2.03. The number of hydrogen-bond donors (Lipinski definition) is 2. The summed E-state index contributed by atoms with van der Waals surface area (Å²) < 4.78 is 0. The van der Waals surface area contributed by atoms with Crippen LogP contribution in [0.15, 0.2) is 48.5 Å². The molecule has 2 N–H and O–H groups in total. The Labute approximate surface area is 145 Å². The first-order valence-corrected chi connectivity index (χ1v) is 8.08. The highest BCUT2D eigenvalue weighted by Gasteiger charge is 2.19. The molecule has 2 aromatic rings. The van der Waals surface area contributed by atoms with Crippen molar-refractivity contribution in [2.24, 2.45) is 0 Å². The third kappa shape index (κ3) is 3.85. The molecule has 1 fully saturated rings. The Bertz CT molecular complexity index is 826. The van der Waals surface area contributed by atoms with E-state index in [0.717, 1.165) is 25.9 Å². The normalized spacial score (nSPS) is 13.5. The number of anilines is 1. The van der Waals surface area contributed by atoms with Crippen molar-refractivity contribution in [3.05, 3.63) is 65.2 Å². The zero-order chi connectivity index (χ0) is 17.8. The molecule has 0 radical (unpaired) electrons. The van der Waals surface area contributed by atoms with Gasteiger partial charge < -0.3 is 15.3 Å². The molecule has 128 valence electrons. The fraction of sp³-hybridized carbons (Fsp3) is 0.211. The van der Waals surface area contributed by atoms with Gasteiger partial charge in [-0.25, -0.2) is 4.79 Å². The van der Waals surface area contributed by atoms with Crippen LogP contribution in [0, 0.1) is 0 Å². The molecule has 2 aromatic carbocycles. The SMILES string of the molecule is O=C(O)c1cccc(C(=O)Nc2cccc(C(=O)N3CCCC3)c2)c1. The number of benzene rings is 2. The summed E-state index contributed by atoms with van der Waals surface area (Å²) in [5.41, 5.74) is 1.32. The van der Waals surface area contributed by atoms with E-state index in [1.807, 2.05) is 0 Å². The molecule has 3 rings (SSSR count). The Morgan fingerprint density at radius 1 is 0.880 bits per heavy atom. The van der Waals surface area contributed by atoms with Crippen LogP contribution in [0.2, 0.25) is 0 Å². The van der Waals surface area contributed by atoms with Gasteiger partial charge in [-0.1, -0.05) is 12.1 Å². The molecule has 1 aliphatic rings. The summed E-state index contributed by atoms with van der Waals surface area (Å²) in [6.45, 7) is 1.52. The summed E-state index contributed by atoms with van der Waals surface area (Å²) in [5, 5.41) is 11.7. The van der Waals surface area contributed by atoms with Gasteiger partial charge in [-0.05, 0) is 49.2 Å². The van der Waals surface area contributed by atoms with Gasteiger partial charge >= 0.3 is 5.97 Å². The predicted octanol–water partition coefficient (Wildman–Crippen LogP) is 2.87. The summed E-state index contributed by atoms with van der Waals surface area (Å²) in [7, 11) is 0. The van der Waals surface area contributed by atoms with Gasteiger partial charge in [0.1, 0.15) is 0 Å². The van der Waals surface area contributed by atoms with Crippen molar-refractivity contribution in [2.45, 2.75) is 12.8 Å². The van der Waals surface area contributed by atoms with Crippen LogP contribution in [-0.4, -0.2) is 40.9 Å². The molecule has 1 aliphatic heterocycles. The van der Waals surface area contributed by atoms with Gasteiger partial charge in [-0.3, -0.25) is 9.59 Å². The first-order chi connectivity index (χ1) is 12.0. The molecule has 25 heavy (non-hydrogen) atoms. The molecule has 0 aromatic heterocycles. The number of aromatic carboxylic acids is 1. The van der Waals surface area contributed by atoms with Crippen LogP contribution in [0.5, 0.6) is 0 Å². The maximum absolute atomic E-state index is 12.4. The monoisotopic (exact) mass is 338 g/mol. The molecule has 6 nitrogen and oxygen atoms in total. The van der Waals surface area contributed by atoms with Crippen LogP contribution in [0.4, 0.5) is 5.69 Å². The fourth-order valence-corrected chi connectivity index (χ4v) is 2.83. The minimum atomic E-state index is -1.09. The van der Waals surface area contributed by atoms with Gasteiger partial charge in [-0.15, -0.1) is 0 Å². The van der Waals surface area contributed by atoms with Crippen molar-refractivity contribution in [2.75, 3.05) is 18.4 Å². The van der Waals surface area contributed by atoms with Gasteiger partial charge in [0.05, 0.1) is 5.56 Å². The number of amides is 2. The van der Waals surface area contributed by atoms with Gasteiger partial charge in [-0.2, -0.15) is 0 Å². The molecule has 0 atom stereocenters. The van der Waals surface area contributed by atoms with Gasteiger partial charge in [0.2, 0.25) is 0 Å². The minimum Gasteiger partial charge on any atom is -0.478 e. The number of carbonyl (C=O) groups excluding carboxylic acids is 2. The summed E-state index contributed by atoms with van der Waals surface area (Å²) in [6, 6.07) is 12.6. The highest BCUT2D eigenvalue weighted by atomic mass is 16.4. The summed E-state index contributed by atoms with van der Waals surface area (Å²) >= 11 is 0. The van der Waals surface area contributed by atoms with E-state index in [0.29, 0.717) is 11.3 Å². The predicted molar refractivity (Wildman–Crippen MR) is 92.9 cm³/mol. The van der Waals surface area contributed by atoms with Crippen molar-refractivity contribution >= 4 is 23.5 Å². The Balaban J connectivity index is 1.75. The third-order valence-corrected chi connectivity index (χ3v) is 4.13. The Morgan fingerprint density at radius 2 is 1.52 bits per heavy atom. The number of carboxylic acids is 1. The number of carbonyl (C=O) groups is 3. The smallest absolute Gasteiger partial charge is 0.335 e. The standard InChI is InChI=1S/C19H18N2O4/c22-17(13-5-3-7-15(11-13)19(24)25)20-16-8-4-6-14(12-16)18(23)21-9-1-2-10-21/h3-8,11-12H,1-2,9-10H2,(H,20,22)(H,24,25). The van der Waals surface area contributed by atoms with Crippen molar-refractivity contribution < 1.29 is 19.5 Å². The fourth-order valence-electron chi connectivity index (χ4n) is 2.83. The summed E-state index contributed by atoms with van der Waals surface area (Å²) in [5.74, 6) is -1.55. The number of nitrogens with zero attached hydrogens (tertiary/aromatic N) is 1. The maximum Gasteiger partial charge on any atom is 0.335 e. The van der Waals surface area contributed by atoms with E-state index in [2.05, 4.69) is 5.32 Å². The van der Waals surface area contributed by atoms with Crippen molar-refractivity contribution in [3.63, 3.8) is 0 Å². The largest absolute Gasteiger partial charge is 0.478 e. The first kappa shape index (κ1) is 16.7. The average Bonchev–Trinajstić information content (AvgIpc) is 3.16. The van der Waals surface area contributed by atoms with Crippen molar-refractivity contribution in [1.29, 1.82) is 0 Å². The molecule has 0 saturated carbocycles. The number of nitrogens with one attached hydrogen (secondary N) is 1. The van der Waals surface area contributed by atoms with E-state index in [-0.39, 0.29) is 17.0 Å². The average molecular weight is 338 g/mol. The van der Waals surface area contributed by atoms with Crippen molar-refractivity contribution in [3.8, 4) is 0 Å². The quantitative estimate of drug-likeness (QED) is 0.897. The summed E-state index contributed by atoms with van der Waals surface area (Å²) in [4.78, 5) is 37.6. The van der Waals surface area contributed by atoms with Crippen LogP contribution >= 0.6 is 0 Å². The van der Waals surface area contributed by atoms with Crippen LogP contribution in [0.1, 0.15) is 43.9 Å². The van der Waals surface area contributed by atoms with E-state index in [1.165, 1.54) is 18.2 Å². The molecule has 0 aliphatic carbocycles. The molecular formula is C19H18N2O4. The van der Waals surface area contributed by atoms with Crippen molar-refractivity contribution in [1.82, 2.24) is 4.90 Å². The topological polar surface area (TPSA) is 86.7 Å². The van der Waals surface area contributed by atoms with E-state index in [4.69, 9.17) is 5.11 Å². The zero-order valence-corrected chi connectivity index (χ0v) is 13.6. The lowest BCUT2D eigenvalue weighted by molar-refractivity contribution is 0.0696. The maximum atomic E-state index is 12.4. The Hall–Kier alpha value is -3.15. The first-order valence-electron chi connectivity index (χ1n) is 8.08. The van der Waals surface area contributed by atoms with Gasteiger partial charge in [0.25, 0.3) is 11.8 Å². The lowest BCUT2D eigenvalue weighted by Crippen LogP contribution is -2.27. The van der Waals surface area contributed by atoms with E-state index in [1.54, 1.807) is 35.2 Å². The Morgan fingerprint density at radius 3 is 2.24 bits per heavy atom. The van der Waals surface area contributed by atoms with Crippen LogP contribution in [-0.2, 0) is 0 Å². The zero-order valence-electron chi connectivity index (χ0n) is 13.6. The van der Waals surface area contributed by atoms with E-state index < -0.39 is 11.9 Å². The Kier molecular flexibility index (Phi) is 4.79. The molecule has 1 heterocycles. The molecule has 6 heteroatoms. The number of hydrogen-bond acceptors (Lipinski definition) is 3. The molecular weight excluding hydrogens is 320 g/mol. The van der Waals surface area contributed by atoms with E-state index in [9.17, 15) is 14.4 Å². The molecule has 0 unspecified atom stereocenters. The highest BCUT2D eigenvalue weighted by molar-refractivity contribution is 6.06. The molecule has 0 bridgehead atoms. The second-order valence-electron chi connectivity index (χ2n) is 5.92. The number of rotatable bonds is 4. The number of carboxylic acid groups (broad SMARTS) is 1. The van der Waals surface area contributed by atoms with Crippen LogP contribution in [0.25, 0.3) is 0 Å². The molecule has 2 amide bonds. The lowest BCUT2D eigenvalue weighted by Gasteiger charge is -2.15. The number of likely N-dealkylation sites (tertiary alicyclic amines) is 1. The highest BCUT2D eigenvalue weighted by Crippen LogP contribution is 2.17. The second-order valence-corrected chi connectivity index (χ2v) is 5.92. The molecule has 0 spiro atoms.